The molecule has 1 N–H and O–H groups in total. The number of methoxy groups -OCH3 is 1. The van der Waals surface area contributed by atoms with Crippen LogP contribution in [0.2, 0.25) is 0 Å². The molecule has 0 unspecified atom stereocenters. The van der Waals surface area contributed by atoms with Gasteiger partial charge in [0, 0.05) is 12.6 Å². The molecule has 2 rings (SSSR count). The standard InChI is InChI=1S/C19H24N2O4S/c1-14-8-10-16(11-9-14)13-20-19(22)15(2)21(26(4,23)24)17-6-5-7-18(12-17)25-3/h5-12,15H,13H2,1-4H3,(H,20,22)/t15-/m0/s1. The van der Waals surface area contributed by atoms with E-state index >= 15 is 0 Å². The fraction of sp³-hybridized carbons (Fsp3) is 0.316. The Morgan fingerprint density at radius 3 is 2.42 bits per heavy atom. The molecule has 7 heteroatoms. The molecule has 2 aromatic rings. The van der Waals surface area contributed by atoms with Crippen LogP contribution in [-0.4, -0.2) is 33.7 Å². The summed E-state index contributed by atoms with van der Waals surface area (Å²) in [5, 5.41) is 2.79. The van der Waals surface area contributed by atoms with Crippen LogP contribution in [0, 0.1) is 6.92 Å². The second kappa shape index (κ2) is 8.23. The van der Waals surface area contributed by atoms with Crippen LogP contribution >= 0.6 is 0 Å². The summed E-state index contributed by atoms with van der Waals surface area (Å²) in [5.41, 5.74) is 2.46. The van der Waals surface area contributed by atoms with Gasteiger partial charge in [-0.25, -0.2) is 8.42 Å². The third-order valence-electron chi connectivity index (χ3n) is 3.98. The van der Waals surface area contributed by atoms with Crippen LogP contribution in [0.3, 0.4) is 0 Å². The lowest BCUT2D eigenvalue weighted by molar-refractivity contribution is -0.122. The number of nitrogens with one attached hydrogen (secondary N) is 1. The van der Waals surface area contributed by atoms with E-state index in [1.54, 1.807) is 31.2 Å². The fourth-order valence-electron chi connectivity index (χ4n) is 2.60. The zero-order valence-electron chi connectivity index (χ0n) is 15.4. The second-order valence-corrected chi connectivity index (χ2v) is 8.00. The molecule has 0 aliphatic rings. The summed E-state index contributed by atoms with van der Waals surface area (Å²) in [6.45, 7) is 3.88. The lowest BCUT2D eigenvalue weighted by Crippen LogP contribution is -2.47. The van der Waals surface area contributed by atoms with Crippen LogP contribution in [0.25, 0.3) is 0 Å². The number of sulfonamides is 1. The first-order valence-corrected chi connectivity index (χ1v) is 10.0. The predicted molar refractivity (Wildman–Crippen MR) is 103 cm³/mol. The number of carbonyl (C=O) groups is 1. The summed E-state index contributed by atoms with van der Waals surface area (Å²) in [5.74, 6) is 0.141. The molecule has 1 atom stereocenters. The van der Waals surface area contributed by atoms with E-state index in [-0.39, 0.29) is 5.91 Å². The Balaban J connectivity index is 2.19. The number of ether oxygens (including phenoxy) is 1. The SMILES string of the molecule is COc1cccc(N([C@@H](C)C(=O)NCc2ccc(C)cc2)S(C)(=O)=O)c1. The molecule has 0 radical (unpaired) electrons. The highest BCUT2D eigenvalue weighted by atomic mass is 32.2. The van der Waals surface area contributed by atoms with Gasteiger partial charge in [-0.05, 0) is 31.5 Å². The predicted octanol–water partition coefficient (Wildman–Crippen LogP) is 2.47. The molecule has 0 spiro atoms. The fourth-order valence-corrected chi connectivity index (χ4v) is 3.77. The summed E-state index contributed by atoms with van der Waals surface area (Å²) in [6.07, 6.45) is 1.08. The third kappa shape index (κ3) is 4.98. The van der Waals surface area contributed by atoms with Crippen LogP contribution in [0.15, 0.2) is 48.5 Å². The lowest BCUT2D eigenvalue weighted by atomic mass is 10.1. The minimum Gasteiger partial charge on any atom is -0.497 e. The first-order valence-electron chi connectivity index (χ1n) is 8.19. The van der Waals surface area contributed by atoms with E-state index in [1.807, 2.05) is 31.2 Å². The third-order valence-corrected chi connectivity index (χ3v) is 5.23. The number of rotatable bonds is 7. The Kier molecular flexibility index (Phi) is 6.26. The van der Waals surface area contributed by atoms with Crippen molar-refractivity contribution in [1.29, 1.82) is 0 Å². The number of carbonyl (C=O) groups excluding carboxylic acids is 1. The quantitative estimate of drug-likeness (QED) is 0.805. The number of amides is 1. The minimum atomic E-state index is -3.66. The van der Waals surface area contributed by atoms with Gasteiger partial charge in [0.1, 0.15) is 11.8 Å². The van der Waals surface area contributed by atoms with Gasteiger partial charge in [0.15, 0.2) is 0 Å². The molecule has 0 saturated carbocycles. The number of benzene rings is 2. The molecular formula is C19H24N2O4S. The van der Waals surface area contributed by atoms with Crippen LogP contribution in [-0.2, 0) is 21.4 Å². The van der Waals surface area contributed by atoms with Crippen molar-refractivity contribution in [3.63, 3.8) is 0 Å². The maximum atomic E-state index is 12.6. The van der Waals surface area contributed by atoms with E-state index in [2.05, 4.69) is 5.32 Å². The Bertz CT molecular complexity index is 863. The van der Waals surface area contributed by atoms with Crippen molar-refractivity contribution in [2.24, 2.45) is 0 Å². The number of nitrogens with zero attached hydrogens (tertiary/aromatic N) is 1. The van der Waals surface area contributed by atoms with Crippen molar-refractivity contribution in [1.82, 2.24) is 5.32 Å². The van der Waals surface area contributed by atoms with Crippen molar-refractivity contribution in [3.05, 3.63) is 59.7 Å². The summed E-state index contributed by atoms with van der Waals surface area (Å²) < 4.78 is 30.8. The van der Waals surface area contributed by atoms with Crippen LogP contribution in [0.5, 0.6) is 5.75 Å². The number of aryl methyl sites for hydroxylation is 1. The van der Waals surface area contributed by atoms with Gasteiger partial charge >= 0.3 is 0 Å². The molecule has 0 bridgehead atoms. The molecule has 0 saturated heterocycles. The molecule has 2 aromatic carbocycles. The van der Waals surface area contributed by atoms with Gasteiger partial charge in [0.25, 0.3) is 0 Å². The molecule has 0 fully saturated rings. The zero-order valence-corrected chi connectivity index (χ0v) is 16.2. The van der Waals surface area contributed by atoms with Gasteiger partial charge in [-0.1, -0.05) is 35.9 Å². The Labute approximate surface area is 154 Å². The highest BCUT2D eigenvalue weighted by Crippen LogP contribution is 2.25. The Morgan fingerprint density at radius 1 is 1.19 bits per heavy atom. The van der Waals surface area contributed by atoms with Crippen molar-refractivity contribution in [2.45, 2.75) is 26.4 Å². The van der Waals surface area contributed by atoms with Crippen LogP contribution in [0.4, 0.5) is 5.69 Å². The molecule has 6 nitrogen and oxygen atoms in total. The molecular weight excluding hydrogens is 352 g/mol. The maximum absolute atomic E-state index is 12.6. The number of hydrogen-bond donors (Lipinski definition) is 1. The Morgan fingerprint density at radius 2 is 1.85 bits per heavy atom. The van der Waals surface area contributed by atoms with E-state index in [0.29, 0.717) is 18.0 Å². The maximum Gasteiger partial charge on any atom is 0.243 e. The summed E-state index contributed by atoms with van der Waals surface area (Å²) >= 11 is 0. The highest BCUT2D eigenvalue weighted by Gasteiger charge is 2.29. The topological polar surface area (TPSA) is 75.7 Å². The summed E-state index contributed by atoms with van der Waals surface area (Å²) in [4.78, 5) is 12.6. The van der Waals surface area contributed by atoms with Gasteiger partial charge in [0.2, 0.25) is 15.9 Å². The summed E-state index contributed by atoms with van der Waals surface area (Å²) in [7, 11) is -2.16. The minimum absolute atomic E-state index is 0.333. The van der Waals surface area contributed by atoms with Crippen molar-refractivity contribution >= 4 is 21.6 Å². The van der Waals surface area contributed by atoms with Crippen LogP contribution in [0.1, 0.15) is 18.1 Å². The smallest absolute Gasteiger partial charge is 0.243 e. The molecule has 0 aliphatic carbocycles. The van der Waals surface area contributed by atoms with Crippen molar-refractivity contribution in [3.8, 4) is 5.75 Å². The molecule has 0 aliphatic heterocycles. The lowest BCUT2D eigenvalue weighted by Gasteiger charge is -2.28. The normalized spacial score (nSPS) is 12.3. The van der Waals surface area contributed by atoms with Gasteiger partial charge in [-0.3, -0.25) is 9.10 Å². The molecule has 140 valence electrons. The average Bonchev–Trinajstić information content (AvgIpc) is 2.60. The van der Waals surface area contributed by atoms with Gasteiger partial charge < -0.3 is 10.1 Å². The number of anilines is 1. The highest BCUT2D eigenvalue weighted by molar-refractivity contribution is 7.92. The Hall–Kier alpha value is -2.54. The molecule has 1 amide bonds. The van der Waals surface area contributed by atoms with E-state index in [4.69, 9.17) is 4.74 Å². The molecule has 0 heterocycles. The summed E-state index contributed by atoms with van der Waals surface area (Å²) in [6, 6.07) is 13.5. The van der Waals surface area contributed by atoms with Gasteiger partial charge in [-0.2, -0.15) is 0 Å². The largest absolute Gasteiger partial charge is 0.497 e. The second-order valence-electron chi connectivity index (χ2n) is 6.14. The van der Waals surface area contributed by atoms with E-state index < -0.39 is 16.1 Å². The van der Waals surface area contributed by atoms with Crippen LogP contribution < -0.4 is 14.4 Å². The van der Waals surface area contributed by atoms with E-state index in [0.717, 1.165) is 21.7 Å². The van der Waals surface area contributed by atoms with E-state index in [1.165, 1.54) is 7.11 Å². The average molecular weight is 376 g/mol. The monoisotopic (exact) mass is 376 g/mol. The first-order chi connectivity index (χ1) is 12.2. The van der Waals surface area contributed by atoms with Crippen molar-refractivity contribution < 1.29 is 17.9 Å². The molecule has 26 heavy (non-hydrogen) atoms. The van der Waals surface area contributed by atoms with E-state index in [9.17, 15) is 13.2 Å². The first kappa shape index (κ1) is 19.8. The number of hydrogen-bond acceptors (Lipinski definition) is 4. The molecule has 0 aromatic heterocycles. The van der Waals surface area contributed by atoms with Gasteiger partial charge in [-0.15, -0.1) is 0 Å². The van der Waals surface area contributed by atoms with Gasteiger partial charge in [0.05, 0.1) is 19.1 Å². The van der Waals surface area contributed by atoms with Crippen molar-refractivity contribution in [2.75, 3.05) is 17.7 Å². The zero-order chi connectivity index (χ0) is 19.3.